The van der Waals surface area contributed by atoms with Crippen LogP contribution in [0.5, 0.6) is 0 Å². The van der Waals surface area contributed by atoms with E-state index >= 15 is 0 Å². The summed E-state index contributed by atoms with van der Waals surface area (Å²) in [6, 6.07) is 6.17. The van der Waals surface area contributed by atoms with Crippen LogP contribution < -0.4 is 10.6 Å². The summed E-state index contributed by atoms with van der Waals surface area (Å²) < 4.78 is 0. The number of aryl methyl sites for hydroxylation is 2. The van der Waals surface area contributed by atoms with Gasteiger partial charge in [-0.05, 0) is 31.4 Å². The maximum Gasteiger partial charge on any atom is 0.315 e. The molecule has 0 aliphatic rings. The molecule has 0 aliphatic carbocycles. The molecule has 2 N–H and O–H groups in total. The van der Waals surface area contributed by atoms with E-state index in [1.807, 2.05) is 6.92 Å². The molecule has 0 spiro atoms. The molecular formula is C13H20N2O. The second-order valence-corrected chi connectivity index (χ2v) is 4.04. The average Bonchev–Trinajstić information content (AvgIpc) is 2.27. The molecule has 3 heteroatoms. The van der Waals surface area contributed by atoms with Gasteiger partial charge in [0, 0.05) is 13.1 Å². The SMILES string of the molecule is CCCNC(=O)NCc1cc(C)ccc1C. The molecule has 0 bridgehead atoms. The third-order valence-electron chi connectivity index (χ3n) is 2.48. The first kappa shape index (κ1) is 12.6. The Bertz CT molecular complexity index is 361. The van der Waals surface area contributed by atoms with Gasteiger partial charge in [-0.25, -0.2) is 4.79 Å². The van der Waals surface area contributed by atoms with E-state index in [1.165, 1.54) is 16.7 Å². The van der Waals surface area contributed by atoms with Crippen LogP contribution in [0, 0.1) is 13.8 Å². The summed E-state index contributed by atoms with van der Waals surface area (Å²) in [5.41, 5.74) is 3.60. The van der Waals surface area contributed by atoms with Gasteiger partial charge in [0.25, 0.3) is 0 Å². The van der Waals surface area contributed by atoms with Crippen LogP contribution in [0.15, 0.2) is 18.2 Å². The minimum atomic E-state index is -0.0947. The lowest BCUT2D eigenvalue weighted by molar-refractivity contribution is 0.240. The topological polar surface area (TPSA) is 41.1 Å². The molecule has 0 aliphatic heterocycles. The molecule has 0 saturated heterocycles. The van der Waals surface area contributed by atoms with E-state index in [0.717, 1.165) is 13.0 Å². The molecule has 1 rings (SSSR count). The van der Waals surface area contributed by atoms with Crippen LogP contribution in [0.2, 0.25) is 0 Å². The third-order valence-corrected chi connectivity index (χ3v) is 2.48. The highest BCUT2D eigenvalue weighted by molar-refractivity contribution is 5.73. The van der Waals surface area contributed by atoms with Gasteiger partial charge in [-0.1, -0.05) is 30.7 Å². The number of carbonyl (C=O) groups is 1. The summed E-state index contributed by atoms with van der Waals surface area (Å²) in [5.74, 6) is 0. The monoisotopic (exact) mass is 220 g/mol. The van der Waals surface area contributed by atoms with Gasteiger partial charge in [0.1, 0.15) is 0 Å². The predicted molar refractivity (Wildman–Crippen MR) is 66.4 cm³/mol. The first-order valence-electron chi connectivity index (χ1n) is 5.71. The first-order chi connectivity index (χ1) is 7.63. The zero-order chi connectivity index (χ0) is 12.0. The zero-order valence-electron chi connectivity index (χ0n) is 10.3. The summed E-state index contributed by atoms with van der Waals surface area (Å²) in [6.07, 6.45) is 0.955. The average molecular weight is 220 g/mol. The van der Waals surface area contributed by atoms with Gasteiger partial charge < -0.3 is 10.6 Å². The maximum atomic E-state index is 11.3. The largest absolute Gasteiger partial charge is 0.338 e. The van der Waals surface area contributed by atoms with Gasteiger partial charge in [0.2, 0.25) is 0 Å². The summed E-state index contributed by atoms with van der Waals surface area (Å²) in [6.45, 7) is 7.45. The highest BCUT2D eigenvalue weighted by atomic mass is 16.2. The van der Waals surface area contributed by atoms with Crippen molar-refractivity contribution in [1.82, 2.24) is 10.6 Å². The molecule has 0 atom stereocenters. The fourth-order valence-electron chi connectivity index (χ4n) is 1.47. The van der Waals surface area contributed by atoms with E-state index in [9.17, 15) is 4.79 Å². The molecule has 1 aromatic carbocycles. The van der Waals surface area contributed by atoms with Crippen molar-refractivity contribution in [2.45, 2.75) is 33.7 Å². The quantitative estimate of drug-likeness (QED) is 0.804. The smallest absolute Gasteiger partial charge is 0.315 e. The van der Waals surface area contributed by atoms with Gasteiger partial charge >= 0.3 is 6.03 Å². The van der Waals surface area contributed by atoms with Gasteiger partial charge in [-0.15, -0.1) is 0 Å². The van der Waals surface area contributed by atoms with Crippen molar-refractivity contribution in [1.29, 1.82) is 0 Å². The fourth-order valence-corrected chi connectivity index (χ4v) is 1.47. The Labute approximate surface area is 97.2 Å². The third kappa shape index (κ3) is 3.93. The number of hydrogen-bond acceptors (Lipinski definition) is 1. The lowest BCUT2D eigenvalue weighted by Gasteiger charge is -2.09. The number of rotatable bonds is 4. The minimum absolute atomic E-state index is 0.0947. The van der Waals surface area contributed by atoms with Gasteiger partial charge in [-0.3, -0.25) is 0 Å². The summed E-state index contributed by atoms with van der Waals surface area (Å²) in [5, 5.41) is 5.64. The molecule has 3 nitrogen and oxygen atoms in total. The summed E-state index contributed by atoms with van der Waals surface area (Å²) in [4.78, 5) is 11.3. The van der Waals surface area contributed by atoms with E-state index in [4.69, 9.17) is 0 Å². The predicted octanol–water partition coefficient (Wildman–Crippen LogP) is 2.51. The standard InChI is InChI=1S/C13H20N2O/c1-4-7-14-13(16)15-9-12-8-10(2)5-6-11(12)3/h5-6,8H,4,7,9H2,1-3H3,(H2,14,15,16). The Kier molecular flexibility index (Phi) is 4.83. The van der Waals surface area contributed by atoms with Crippen LogP contribution in [0.1, 0.15) is 30.0 Å². The van der Waals surface area contributed by atoms with E-state index in [1.54, 1.807) is 0 Å². The van der Waals surface area contributed by atoms with Crippen molar-refractivity contribution < 1.29 is 4.79 Å². The van der Waals surface area contributed by atoms with Crippen LogP contribution in [-0.2, 0) is 6.54 Å². The molecule has 1 aromatic rings. The number of urea groups is 1. The van der Waals surface area contributed by atoms with Crippen molar-refractivity contribution >= 4 is 6.03 Å². The van der Waals surface area contributed by atoms with Gasteiger partial charge in [-0.2, -0.15) is 0 Å². The van der Waals surface area contributed by atoms with Crippen molar-refractivity contribution in [2.24, 2.45) is 0 Å². The Hall–Kier alpha value is -1.51. The number of hydrogen-bond donors (Lipinski definition) is 2. The van der Waals surface area contributed by atoms with Crippen molar-refractivity contribution in [3.8, 4) is 0 Å². The normalized spacial score (nSPS) is 9.94. The number of carbonyl (C=O) groups excluding carboxylic acids is 1. The van der Waals surface area contributed by atoms with Crippen LogP contribution in [0.25, 0.3) is 0 Å². The second kappa shape index (κ2) is 6.16. The number of amides is 2. The highest BCUT2D eigenvalue weighted by Gasteiger charge is 2.01. The van der Waals surface area contributed by atoms with E-state index in [0.29, 0.717) is 6.54 Å². The Morgan fingerprint density at radius 1 is 1.25 bits per heavy atom. The molecule has 0 saturated carbocycles. The number of nitrogens with one attached hydrogen (secondary N) is 2. The molecule has 88 valence electrons. The van der Waals surface area contributed by atoms with Crippen molar-refractivity contribution in [2.75, 3.05) is 6.54 Å². The first-order valence-corrected chi connectivity index (χ1v) is 5.71. The van der Waals surface area contributed by atoms with Crippen LogP contribution in [-0.4, -0.2) is 12.6 Å². The number of benzene rings is 1. The lowest BCUT2D eigenvalue weighted by Crippen LogP contribution is -2.35. The summed E-state index contributed by atoms with van der Waals surface area (Å²) >= 11 is 0. The fraction of sp³-hybridized carbons (Fsp3) is 0.462. The lowest BCUT2D eigenvalue weighted by atomic mass is 10.1. The molecule has 0 radical (unpaired) electrons. The molecule has 0 heterocycles. The van der Waals surface area contributed by atoms with E-state index < -0.39 is 0 Å². The maximum absolute atomic E-state index is 11.3. The van der Waals surface area contributed by atoms with Crippen molar-refractivity contribution in [3.05, 3.63) is 34.9 Å². The minimum Gasteiger partial charge on any atom is -0.338 e. The van der Waals surface area contributed by atoms with Crippen LogP contribution in [0.3, 0.4) is 0 Å². The molecule has 16 heavy (non-hydrogen) atoms. The molecule has 2 amide bonds. The second-order valence-electron chi connectivity index (χ2n) is 4.04. The molecule has 0 aromatic heterocycles. The molecule has 0 fully saturated rings. The Morgan fingerprint density at radius 3 is 2.69 bits per heavy atom. The van der Waals surface area contributed by atoms with Crippen LogP contribution in [0.4, 0.5) is 4.79 Å². The zero-order valence-corrected chi connectivity index (χ0v) is 10.3. The Balaban J connectivity index is 2.47. The Morgan fingerprint density at radius 2 is 2.00 bits per heavy atom. The highest BCUT2D eigenvalue weighted by Crippen LogP contribution is 2.09. The van der Waals surface area contributed by atoms with E-state index in [2.05, 4.69) is 42.7 Å². The molecule has 0 unspecified atom stereocenters. The molecular weight excluding hydrogens is 200 g/mol. The van der Waals surface area contributed by atoms with Gasteiger partial charge in [0.15, 0.2) is 0 Å². The van der Waals surface area contributed by atoms with Crippen LogP contribution >= 0.6 is 0 Å². The summed E-state index contributed by atoms with van der Waals surface area (Å²) in [7, 11) is 0. The van der Waals surface area contributed by atoms with Gasteiger partial charge in [0.05, 0.1) is 0 Å². The van der Waals surface area contributed by atoms with E-state index in [-0.39, 0.29) is 6.03 Å². The van der Waals surface area contributed by atoms with Crippen molar-refractivity contribution in [3.63, 3.8) is 0 Å².